The summed E-state index contributed by atoms with van der Waals surface area (Å²) in [5.74, 6) is -0.263. The van der Waals surface area contributed by atoms with Crippen molar-refractivity contribution in [1.82, 2.24) is 19.7 Å². The molecule has 0 atom stereocenters. The lowest BCUT2D eigenvalue weighted by Crippen LogP contribution is -1.98. The highest BCUT2D eigenvalue weighted by molar-refractivity contribution is 8.04. The largest absolute Gasteiger partial charge is 0.477 e. The average Bonchev–Trinajstić information content (AvgIpc) is 3.34. The van der Waals surface area contributed by atoms with Gasteiger partial charge in [0.25, 0.3) is 0 Å². The number of carboxylic acids is 1. The van der Waals surface area contributed by atoms with Crippen LogP contribution in [0.1, 0.15) is 30.3 Å². The zero-order valence-corrected chi connectivity index (χ0v) is 18.5. The van der Waals surface area contributed by atoms with Crippen molar-refractivity contribution in [3.05, 3.63) is 81.6 Å². The number of thioether (sulfide) groups is 1. The molecule has 0 aliphatic carbocycles. The normalized spacial score (nSPS) is 11.9. The Labute approximate surface area is 189 Å². The van der Waals surface area contributed by atoms with E-state index in [1.165, 1.54) is 0 Å². The second-order valence-corrected chi connectivity index (χ2v) is 8.47. The van der Waals surface area contributed by atoms with E-state index in [1.807, 2.05) is 54.7 Å². The van der Waals surface area contributed by atoms with E-state index < -0.39 is 5.97 Å². The maximum Gasteiger partial charge on any atom is 0.342 e. The van der Waals surface area contributed by atoms with Crippen LogP contribution >= 0.6 is 23.4 Å². The second kappa shape index (κ2) is 9.41. The number of aromatic amines is 1. The predicted octanol–water partition coefficient (Wildman–Crippen LogP) is 5.63. The highest BCUT2D eigenvalue weighted by Crippen LogP contribution is 2.30. The van der Waals surface area contributed by atoms with Gasteiger partial charge in [0, 0.05) is 40.7 Å². The number of para-hydroxylation sites is 1. The van der Waals surface area contributed by atoms with Gasteiger partial charge in [0.05, 0.1) is 0 Å². The van der Waals surface area contributed by atoms with Crippen LogP contribution in [0.25, 0.3) is 17.0 Å². The van der Waals surface area contributed by atoms with Crippen LogP contribution in [0.4, 0.5) is 0 Å². The lowest BCUT2D eigenvalue weighted by atomic mass is 10.1. The van der Waals surface area contributed by atoms with E-state index in [9.17, 15) is 9.90 Å². The fourth-order valence-electron chi connectivity index (χ4n) is 3.38. The summed E-state index contributed by atoms with van der Waals surface area (Å²) in [6.07, 6.45) is 5.34. The molecule has 8 heteroatoms. The maximum absolute atomic E-state index is 11.9. The number of nitrogens with zero attached hydrogens (tertiary/aromatic N) is 3. The lowest BCUT2D eigenvalue weighted by Gasteiger charge is -2.07. The Morgan fingerprint density at radius 3 is 2.77 bits per heavy atom. The van der Waals surface area contributed by atoms with Crippen LogP contribution in [-0.2, 0) is 17.8 Å². The summed E-state index contributed by atoms with van der Waals surface area (Å²) in [5.41, 5.74) is 2.82. The Bertz CT molecular complexity index is 1260. The van der Waals surface area contributed by atoms with E-state index >= 15 is 0 Å². The first-order valence-corrected chi connectivity index (χ1v) is 11.1. The number of hydrogen-bond acceptors (Lipinski definition) is 4. The van der Waals surface area contributed by atoms with Crippen molar-refractivity contribution < 1.29 is 9.90 Å². The van der Waals surface area contributed by atoms with Crippen molar-refractivity contribution in [3.8, 4) is 0 Å². The van der Waals surface area contributed by atoms with E-state index in [0.717, 1.165) is 52.5 Å². The third kappa shape index (κ3) is 4.84. The van der Waals surface area contributed by atoms with Gasteiger partial charge in [-0.25, -0.2) is 9.78 Å². The summed E-state index contributed by atoms with van der Waals surface area (Å²) in [6, 6.07) is 15.6. The van der Waals surface area contributed by atoms with Gasteiger partial charge in [-0.2, -0.15) is 0 Å². The number of benzene rings is 2. The summed E-state index contributed by atoms with van der Waals surface area (Å²) >= 11 is 7.39. The summed E-state index contributed by atoms with van der Waals surface area (Å²) in [5, 5.41) is 18.8. The summed E-state index contributed by atoms with van der Waals surface area (Å²) < 4.78 is 2.08. The first-order valence-electron chi connectivity index (χ1n) is 9.90. The van der Waals surface area contributed by atoms with Crippen molar-refractivity contribution in [2.45, 2.75) is 31.5 Å². The van der Waals surface area contributed by atoms with Gasteiger partial charge in [-0.3, -0.25) is 5.10 Å². The molecule has 0 aliphatic rings. The molecule has 0 saturated heterocycles. The molecule has 4 aromatic rings. The molecule has 0 fully saturated rings. The average molecular weight is 453 g/mol. The molecule has 0 aliphatic heterocycles. The third-order valence-corrected chi connectivity index (χ3v) is 6.06. The molecular formula is C23H21ClN4O2S. The number of fused-ring (bicyclic) bond motifs is 1. The molecule has 2 N–H and O–H groups in total. The van der Waals surface area contributed by atoms with Gasteiger partial charge in [0.1, 0.15) is 10.7 Å². The van der Waals surface area contributed by atoms with Crippen molar-refractivity contribution in [2.75, 3.05) is 0 Å². The number of nitrogens with one attached hydrogen (secondary N) is 1. The zero-order chi connectivity index (χ0) is 21.8. The number of aliphatic carboxylic acids is 1. The molecule has 0 spiro atoms. The Morgan fingerprint density at radius 1 is 1.23 bits per heavy atom. The van der Waals surface area contributed by atoms with Crippen LogP contribution in [0.15, 0.2) is 64.8 Å². The minimum absolute atomic E-state index is 0.155. The predicted molar refractivity (Wildman–Crippen MR) is 124 cm³/mol. The minimum Gasteiger partial charge on any atom is -0.477 e. The Kier molecular flexibility index (Phi) is 6.44. The van der Waals surface area contributed by atoms with E-state index in [4.69, 9.17) is 11.6 Å². The molecular weight excluding hydrogens is 432 g/mol. The molecule has 0 unspecified atom stereocenters. The number of carbonyl (C=O) groups is 1. The van der Waals surface area contributed by atoms with Crippen molar-refractivity contribution in [1.29, 1.82) is 0 Å². The molecule has 2 aromatic heterocycles. The van der Waals surface area contributed by atoms with Crippen molar-refractivity contribution >= 4 is 46.3 Å². The van der Waals surface area contributed by atoms with Gasteiger partial charge in [-0.15, -0.1) is 5.10 Å². The highest BCUT2D eigenvalue weighted by atomic mass is 35.5. The number of halogens is 1. The number of carboxylic acid groups (broad SMARTS) is 1. The van der Waals surface area contributed by atoms with Gasteiger partial charge >= 0.3 is 5.97 Å². The monoisotopic (exact) mass is 452 g/mol. The Balaban J connectivity index is 1.70. The molecule has 4 rings (SSSR count). The summed E-state index contributed by atoms with van der Waals surface area (Å²) in [7, 11) is 0. The smallest absolute Gasteiger partial charge is 0.342 e. The van der Waals surface area contributed by atoms with Gasteiger partial charge < -0.3 is 9.67 Å². The van der Waals surface area contributed by atoms with Crippen LogP contribution in [0.5, 0.6) is 0 Å². The van der Waals surface area contributed by atoms with Crippen LogP contribution < -0.4 is 0 Å². The van der Waals surface area contributed by atoms with Gasteiger partial charge in [-0.05, 0) is 42.0 Å². The zero-order valence-electron chi connectivity index (χ0n) is 16.9. The Morgan fingerprint density at radius 2 is 2.00 bits per heavy atom. The molecule has 6 nitrogen and oxygen atoms in total. The highest BCUT2D eigenvalue weighted by Gasteiger charge is 2.16. The number of aryl methyl sites for hydroxylation is 1. The van der Waals surface area contributed by atoms with Crippen LogP contribution in [-0.4, -0.2) is 30.8 Å². The minimum atomic E-state index is -1.02. The first-order chi connectivity index (χ1) is 15.0. The second-order valence-electron chi connectivity index (χ2n) is 7.05. The third-order valence-electron chi connectivity index (χ3n) is 4.81. The molecule has 31 heavy (non-hydrogen) atoms. The standard InChI is InChI=1S/C23H21ClN4O2S/c1-2-7-21-25-23(27-26-21)31-20(22(29)30)12-16-14-28(19-11-6-4-9-17(16)19)13-15-8-3-5-10-18(15)24/h3-6,8-12,14H,2,7,13H2,1H3,(H,29,30)(H,25,26,27)/b20-12-. The molecule has 158 valence electrons. The summed E-state index contributed by atoms with van der Waals surface area (Å²) in [6.45, 7) is 2.64. The fourth-order valence-corrected chi connectivity index (χ4v) is 4.29. The molecule has 0 amide bonds. The van der Waals surface area contributed by atoms with Gasteiger partial charge in [-0.1, -0.05) is 54.9 Å². The van der Waals surface area contributed by atoms with Gasteiger partial charge in [0.2, 0.25) is 5.16 Å². The van der Waals surface area contributed by atoms with Crippen LogP contribution in [0, 0.1) is 0 Å². The van der Waals surface area contributed by atoms with Gasteiger partial charge in [0.15, 0.2) is 0 Å². The van der Waals surface area contributed by atoms with Crippen LogP contribution in [0.2, 0.25) is 5.02 Å². The van der Waals surface area contributed by atoms with E-state index in [0.29, 0.717) is 16.7 Å². The maximum atomic E-state index is 11.9. The number of H-pyrrole nitrogens is 1. The quantitative estimate of drug-likeness (QED) is 0.267. The van der Waals surface area contributed by atoms with E-state index in [-0.39, 0.29) is 4.91 Å². The SMILES string of the molecule is CCCc1nc(S/C(=C\c2cn(Cc3ccccc3Cl)c3ccccc23)C(=O)O)n[nH]1. The number of hydrogen-bond donors (Lipinski definition) is 2. The fraction of sp³-hybridized carbons (Fsp3) is 0.174. The molecule has 0 radical (unpaired) electrons. The molecule has 0 bridgehead atoms. The number of aromatic nitrogens is 4. The van der Waals surface area contributed by atoms with Crippen molar-refractivity contribution in [3.63, 3.8) is 0 Å². The summed E-state index contributed by atoms with van der Waals surface area (Å²) in [4.78, 5) is 16.5. The van der Waals surface area contributed by atoms with Crippen molar-refractivity contribution in [2.24, 2.45) is 0 Å². The first kappa shape index (κ1) is 21.2. The lowest BCUT2D eigenvalue weighted by molar-refractivity contribution is -0.131. The van der Waals surface area contributed by atoms with Crippen LogP contribution in [0.3, 0.4) is 0 Å². The number of rotatable bonds is 8. The molecule has 2 heterocycles. The van der Waals surface area contributed by atoms with E-state index in [1.54, 1.807) is 6.08 Å². The van der Waals surface area contributed by atoms with E-state index in [2.05, 4.69) is 26.7 Å². The molecule has 0 saturated carbocycles. The molecule has 2 aromatic carbocycles. The Hall–Kier alpha value is -3.03. The topological polar surface area (TPSA) is 83.8 Å².